The number of carbonyl (C=O) groups is 3. The van der Waals surface area contributed by atoms with E-state index in [9.17, 15) is 24.3 Å². The second kappa shape index (κ2) is 10.9. The molecule has 0 bridgehead atoms. The lowest BCUT2D eigenvalue weighted by atomic mass is 10.0. The van der Waals surface area contributed by atoms with Crippen LogP contribution in [0.3, 0.4) is 0 Å². The van der Waals surface area contributed by atoms with Crippen molar-refractivity contribution in [3.05, 3.63) is 54.9 Å². The second-order valence-electron chi connectivity index (χ2n) is 8.74. The number of anilines is 1. The van der Waals surface area contributed by atoms with Crippen LogP contribution < -0.4 is 19.7 Å². The molecule has 3 heterocycles. The number of hydrogen-bond donors (Lipinski definition) is 2. The molecule has 0 aliphatic carbocycles. The molecule has 194 valence electrons. The number of thioether (sulfide) groups is 2. The quantitative estimate of drug-likeness (QED) is 0.475. The van der Waals surface area contributed by atoms with E-state index in [1.165, 1.54) is 0 Å². The molecule has 0 radical (unpaired) electrons. The van der Waals surface area contributed by atoms with E-state index in [0.29, 0.717) is 11.0 Å². The maximum Gasteiger partial charge on any atom is 0.323 e. The van der Waals surface area contributed by atoms with Crippen molar-refractivity contribution in [2.45, 2.75) is 31.7 Å². The molecule has 2 aliphatic rings. The number of fused-ring (bicyclic) bond motifs is 1. The van der Waals surface area contributed by atoms with Crippen LogP contribution in [0.15, 0.2) is 45.1 Å². The van der Waals surface area contributed by atoms with E-state index in [0.717, 1.165) is 53.8 Å². The molecule has 0 atom stereocenters. The van der Waals surface area contributed by atoms with E-state index in [1.54, 1.807) is 11.8 Å². The molecule has 1 aromatic carbocycles. The van der Waals surface area contributed by atoms with E-state index < -0.39 is 36.5 Å². The number of thiocarbonyl (C=S) groups is 1. The van der Waals surface area contributed by atoms with Gasteiger partial charge in [-0.15, -0.1) is 11.3 Å². The van der Waals surface area contributed by atoms with Crippen molar-refractivity contribution >= 4 is 85.4 Å². The van der Waals surface area contributed by atoms with Crippen molar-refractivity contribution in [3.8, 4) is 0 Å². The summed E-state index contributed by atoms with van der Waals surface area (Å²) in [4.78, 5) is 53.6. The van der Waals surface area contributed by atoms with Gasteiger partial charge in [-0.05, 0) is 36.1 Å². The summed E-state index contributed by atoms with van der Waals surface area (Å²) >= 11 is 8.68. The number of nitrogens with zero attached hydrogens (tertiary/aromatic N) is 3. The van der Waals surface area contributed by atoms with E-state index >= 15 is 0 Å². The van der Waals surface area contributed by atoms with Gasteiger partial charge in [0.05, 0.1) is 15.2 Å². The minimum absolute atomic E-state index is 0.0434. The largest absolute Gasteiger partial charge is 0.480 e. The molecule has 1 aromatic heterocycles. The normalized spacial score (nSPS) is 18.8. The van der Waals surface area contributed by atoms with Crippen LogP contribution >= 0.6 is 47.1 Å². The molecular weight excluding hydrogens is 555 g/mol. The van der Waals surface area contributed by atoms with E-state index in [1.807, 2.05) is 56.1 Å². The average molecular weight is 578 g/mol. The minimum atomic E-state index is -1.24. The number of carboxylic acids is 2. The minimum Gasteiger partial charge on any atom is -0.480 e. The molecule has 37 heavy (non-hydrogen) atoms. The third kappa shape index (κ3) is 5.54. The maximum absolute atomic E-state index is 13.6. The van der Waals surface area contributed by atoms with Crippen LogP contribution in [-0.4, -0.2) is 55.4 Å². The monoisotopic (exact) mass is 577 g/mol. The summed E-state index contributed by atoms with van der Waals surface area (Å²) in [6.45, 7) is 2.79. The summed E-state index contributed by atoms with van der Waals surface area (Å²) in [6, 6.07) is 7.95. The molecule has 1 saturated heterocycles. The Morgan fingerprint density at radius 2 is 1.76 bits per heavy atom. The molecule has 4 rings (SSSR count). The van der Waals surface area contributed by atoms with Gasteiger partial charge in [0.1, 0.15) is 27.0 Å². The predicted octanol–water partition coefficient (Wildman–Crippen LogP) is 2.33. The fraction of sp³-hybridized carbons (Fsp3) is 0.292. The van der Waals surface area contributed by atoms with E-state index in [4.69, 9.17) is 17.3 Å². The van der Waals surface area contributed by atoms with Gasteiger partial charge in [0, 0.05) is 11.9 Å². The average Bonchev–Trinajstić information content (AvgIpc) is 3.40. The lowest BCUT2D eigenvalue weighted by molar-refractivity contribution is -0.140. The van der Waals surface area contributed by atoms with Crippen molar-refractivity contribution in [3.63, 3.8) is 0 Å². The van der Waals surface area contributed by atoms with Gasteiger partial charge in [0.2, 0.25) is 0 Å². The number of amides is 1. The van der Waals surface area contributed by atoms with Crippen LogP contribution in [0.4, 0.5) is 5.69 Å². The Bertz CT molecular complexity index is 1540. The number of carbonyl (C=O) groups excluding carboxylic acids is 1. The number of para-hydroxylation sites is 1. The lowest BCUT2D eigenvalue weighted by Gasteiger charge is -2.14. The first-order chi connectivity index (χ1) is 17.5. The number of carboxylic acid groups (broad SMARTS) is 2. The number of allylic oxidation sites excluding steroid dienone is 1. The number of rotatable bonds is 7. The van der Waals surface area contributed by atoms with Crippen LogP contribution in [0.5, 0.6) is 0 Å². The fourth-order valence-corrected chi connectivity index (χ4v) is 7.61. The van der Waals surface area contributed by atoms with Crippen LogP contribution in [0.2, 0.25) is 0 Å². The molecule has 1 amide bonds. The van der Waals surface area contributed by atoms with Crippen LogP contribution in [-0.2, 0) is 20.9 Å². The Morgan fingerprint density at radius 3 is 2.38 bits per heavy atom. The highest BCUT2D eigenvalue weighted by Gasteiger charge is 2.35. The van der Waals surface area contributed by atoms with Crippen LogP contribution in [0, 0.1) is 5.92 Å². The van der Waals surface area contributed by atoms with E-state index in [-0.39, 0.29) is 19.8 Å². The number of hydrogen-bond acceptors (Lipinski definition) is 9. The highest BCUT2D eigenvalue weighted by Crippen LogP contribution is 2.45. The Hall–Kier alpha value is -2.87. The Kier molecular flexibility index (Phi) is 7.97. The molecule has 1 fully saturated rings. The van der Waals surface area contributed by atoms with Crippen molar-refractivity contribution in [2.75, 3.05) is 18.5 Å². The van der Waals surface area contributed by atoms with Crippen molar-refractivity contribution < 1.29 is 24.6 Å². The molecule has 0 saturated carbocycles. The molecule has 0 spiro atoms. The first kappa shape index (κ1) is 27.2. The summed E-state index contributed by atoms with van der Waals surface area (Å²) in [5.41, 5.74) is 1.27. The molecular formula is C24H23N3O6S4. The summed E-state index contributed by atoms with van der Waals surface area (Å²) in [6.07, 6.45) is 2.50. The Balaban J connectivity index is 1.96. The van der Waals surface area contributed by atoms with Gasteiger partial charge in [-0.2, -0.15) is 0 Å². The smallest absolute Gasteiger partial charge is 0.323 e. The molecule has 2 aliphatic heterocycles. The van der Waals surface area contributed by atoms with Crippen LogP contribution in [0.1, 0.15) is 20.3 Å². The van der Waals surface area contributed by atoms with Gasteiger partial charge in [0.25, 0.3) is 11.5 Å². The third-order valence-corrected chi connectivity index (χ3v) is 9.49. The molecule has 2 N–H and O–H groups in total. The highest BCUT2D eigenvalue weighted by molar-refractivity contribution is 8.30. The highest BCUT2D eigenvalue weighted by atomic mass is 32.2. The molecule has 9 nitrogen and oxygen atoms in total. The zero-order chi connectivity index (χ0) is 27.0. The molecule has 13 heteroatoms. The number of benzene rings is 1. The third-order valence-electron chi connectivity index (χ3n) is 5.50. The van der Waals surface area contributed by atoms with Crippen molar-refractivity contribution in [1.82, 2.24) is 9.47 Å². The molecule has 0 unspecified atom stereocenters. The van der Waals surface area contributed by atoms with Gasteiger partial charge in [0.15, 0.2) is 0 Å². The zero-order valence-electron chi connectivity index (χ0n) is 20.1. The standard InChI is InChI=1S/C24H23N3O6S4/c1-12(2)8-13(9-16-25(3)14-6-4-5-7-15(14)35-16)19-21(32)26(10-17(28)29)23(36-19)20-22(33)27(11-18(30)31)24(34)37-20/h4-7,9,12H,8,10-11H2,1-3H3,(H,28,29)(H,30,31)/b16-9+,19-13+,23-20+. The first-order valence-corrected chi connectivity index (χ1v) is 14.0. The van der Waals surface area contributed by atoms with E-state index in [2.05, 4.69) is 0 Å². The fourth-order valence-electron chi connectivity index (χ4n) is 3.91. The van der Waals surface area contributed by atoms with Crippen molar-refractivity contribution in [1.29, 1.82) is 0 Å². The Morgan fingerprint density at radius 1 is 1.08 bits per heavy atom. The summed E-state index contributed by atoms with van der Waals surface area (Å²) in [5.74, 6) is -2.93. The SMILES string of the molecule is CC(C)CC(/C=C1/Sc2ccccc2N1C)=c1\s/c(=C2/SC(=S)N(CC(=O)O)C2=O)n(CC(=O)O)c1=O. The van der Waals surface area contributed by atoms with Crippen molar-refractivity contribution in [2.24, 2.45) is 5.92 Å². The zero-order valence-corrected chi connectivity index (χ0v) is 23.4. The second-order valence-corrected chi connectivity index (χ2v) is 12.4. The number of aromatic nitrogens is 1. The lowest BCUT2D eigenvalue weighted by Crippen LogP contribution is -2.37. The molecule has 2 aromatic rings. The first-order valence-electron chi connectivity index (χ1n) is 11.1. The predicted molar refractivity (Wildman–Crippen MR) is 150 cm³/mol. The van der Waals surface area contributed by atoms with Gasteiger partial charge in [-0.1, -0.05) is 61.7 Å². The van der Waals surface area contributed by atoms with Gasteiger partial charge in [-0.3, -0.25) is 28.6 Å². The van der Waals surface area contributed by atoms with Gasteiger partial charge < -0.3 is 15.1 Å². The summed E-state index contributed by atoms with van der Waals surface area (Å²) in [5, 5.41) is 19.6. The number of aliphatic carboxylic acids is 2. The summed E-state index contributed by atoms with van der Waals surface area (Å²) in [7, 11) is 1.95. The van der Waals surface area contributed by atoms with Gasteiger partial charge >= 0.3 is 11.9 Å². The summed E-state index contributed by atoms with van der Waals surface area (Å²) < 4.78 is 1.60. The van der Waals surface area contributed by atoms with Crippen LogP contribution in [0.25, 0.3) is 10.5 Å². The van der Waals surface area contributed by atoms with Gasteiger partial charge in [-0.25, -0.2) is 0 Å². The Labute approximate surface area is 229 Å². The maximum atomic E-state index is 13.6. The topological polar surface area (TPSA) is 120 Å². The number of thiazole rings is 1.